The van der Waals surface area contributed by atoms with E-state index in [9.17, 15) is 4.39 Å². The molecule has 0 saturated carbocycles. The fraction of sp³-hybridized carbons (Fsp3) is 0.200. The van der Waals surface area contributed by atoms with Crippen molar-refractivity contribution >= 4 is 27.5 Å². The average Bonchev–Trinajstić information content (AvgIpc) is 2.42. The van der Waals surface area contributed by atoms with E-state index < -0.39 is 5.82 Å². The summed E-state index contributed by atoms with van der Waals surface area (Å²) in [6.45, 7) is 1.04. The third-order valence-electron chi connectivity index (χ3n) is 2.78. The second kappa shape index (κ2) is 7.07. The molecule has 2 aromatic rings. The standard InChI is InChI=1S/C15H14BrClFNO/c1-19-8-11-3-2-4-12(16)15(11)20-9-10-5-6-14(18)13(17)7-10/h2-7,19H,8-9H2,1H3. The van der Waals surface area contributed by atoms with Gasteiger partial charge in [-0.3, -0.25) is 0 Å². The zero-order chi connectivity index (χ0) is 14.5. The lowest BCUT2D eigenvalue weighted by atomic mass is 10.2. The average molecular weight is 359 g/mol. The van der Waals surface area contributed by atoms with E-state index in [1.165, 1.54) is 6.07 Å². The summed E-state index contributed by atoms with van der Waals surface area (Å²) in [7, 11) is 1.88. The number of halogens is 3. The molecule has 2 aromatic carbocycles. The lowest BCUT2D eigenvalue weighted by Gasteiger charge is -2.13. The summed E-state index contributed by atoms with van der Waals surface area (Å²) in [4.78, 5) is 0. The molecule has 0 heterocycles. The van der Waals surface area contributed by atoms with E-state index >= 15 is 0 Å². The van der Waals surface area contributed by atoms with Crippen molar-refractivity contribution in [1.29, 1.82) is 0 Å². The van der Waals surface area contributed by atoms with E-state index in [4.69, 9.17) is 16.3 Å². The second-order valence-corrected chi connectivity index (χ2v) is 5.56. The molecule has 0 atom stereocenters. The van der Waals surface area contributed by atoms with Gasteiger partial charge in [0.1, 0.15) is 18.2 Å². The third-order valence-corrected chi connectivity index (χ3v) is 3.70. The molecule has 106 valence electrons. The van der Waals surface area contributed by atoms with Gasteiger partial charge in [0.2, 0.25) is 0 Å². The van der Waals surface area contributed by atoms with Crippen LogP contribution >= 0.6 is 27.5 Å². The van der Waals surface area contributed by atoms with Crippen LogP contribution in [0.15, 0.2) is 40.9 Å². The van der Waals surface area contributed by atoms with Crippen molar-refractivity contribution in [2.45, 2.75) is 13.2 Å². The smallest absolute Gasteiger partial charge is 0.141 e. The second-order valence-electron chi connectivity index (χ2n) is 4.30. The summed E-state index contributed by atoms with van der Waals surface area (Å²) in [5, 5.41) is 3.20. The van der Waals surface area contributed by atoms with Crippen LogP contribution in [0.2, 0.25) is 5.02 Å². The van der Waals surface area contributed by atoms with Crippen molar-refractivity contribution in [1.82, 2.24) is 5.32 Å². The Kier molecular flexibility index (Phi) is 5.40. The highest BCUT2D eigenvalue weighted by atomic mass is 79.9. The Hall–Kier alpha value is -1.10. The van der Waals surface area contributed by atoms with Crippen LogP contribution in [0.5, 0.6) is 5.75 Å². The Labute approximate surface area is 131 Å². The molecule has 2 nitrogen and oxygen atoms in total. The summed E-state index contributed by atoms with van der Waals surface area (Å²) in [6.07, 6.45) is 0. The van der Waals surface area contributed by atoms with E-state index in [0.717, 1.165) is 21.3 Å². The van der Waals surface area contributed by atoms with Gasteiger partial charge in [0.25, 0.3) is 0 Å². The molecule has 0 aliphatic heterocycles. The minimum Gasteiger partial charge on any atom is -0.487 e. The van der Waals surface area contributed by atoms with Crippen LogP contribution in [-0.2, 0) is 13.2 Å². The predicted molar refractivity (Wildman–Crippen MR) is 82.6 cm³/mol. The number of nitrogens with one attached hydrogen (secondary N) is 1. The van der Waals surface area contributed by atoms with Crippen molar-refractivity contribution in [3.63, 3.8) is 0 Å². The first-order valence-corrected chi connectivity index (χ1v) is 7.27. The summed E-state index contributed by atoms with van der Waals surface area (Å²) in [5.74, 6) is 0.356. The summed E-state index contributed by atoms with van der Waals surface area (Å²) < 4.78 is 19.8. The number of hydrogen-bond acceptors (Lipinski definition) is 2. The molecule has 0 aliphatic rings. The number of para-hydroxylation sites is 1. The maximum atomic E-state index is 13.1. The number of hydrogen-bond donors (Lipinski definition) is 1. The van der Waals surface area contributed by atoms with Gasteiger partial charge in [-0.15, -0.1) is 0 Å². The Balaban J connectivity index is 2.15. The van der Waals surface area contributed by atoms with Crippen LogP contribution in [0.25, 0.3) is 0 Å². The van der Waals surface area contributed by atoms with E-state index in [2.05, 4.69) is 21.2 Å². The van der Waals surface area contributed by atoms with Crippen LogP contribution in [0.4, 0.5) is 4.39 Å². The maximum Gasteiger partial charge on any atom is 0.141 e. The summed E-state index contributed by atoms with van der Waals surface area (Å²) in [6, 6.07) is 10.5. The zero-order valence-electron chi connectivity index (χ0n) is 10.9. The fourth-order valence-corrected chi connectivity index (χ4v) is 2.55. The van der Waals surface area contributed by atoms with Crippen LogP contribution in [0, 0.1) is 5.82 Å². The fourth-order valence-electron chi connectivity index (χ4n) is 1.83. The van der Waals surface area contributed by atoms with Gasteiger partial charge in [-0.2, -0.15) is 0 Å². The molecule has 0 radical (unpaired) electrons. The number of benzene rings is 2. The van der Waals surface area contributed by atoms with Crippen LogP contribution in [0.3, 0.4) is 0 Å². The molecule has 0 amide bonds. The van der Waals surface area contributed by atoms with Crippen molar-refractivity contribution in [3.8, 4) is 5.75 Å². The molecular formula is C15H14BrClFNO. The van der Waals surface area contributed by atoms with Gasteiger partial charge >= 0.3 is 0 Å². The van der Waals surface area contributed by atoms with Crippen molar-refractivity contribution in [2.24, 2.45) is 0 Å². The monoisotopic (exact) mass is 357 g/mol. The molecule has 1 N–H and O–H groups in total. The van der Waals surface area contributed by atoms with Gasteiger partial charge < -0.3 is 10.1 Å². The van der Waals surface area contributed by atoms with Crippen LogP contribution < -0.4 is 10.1 Å². The molecule has 0 saturated heterocycles. The van der Waals surface area contributed by atoms with Gasteiger partial charge in [-0.25, -0.2) is 4.39 Å². The van der Waals surface area contributed by atoms with Crippen molar-refractivity contribution < 1.29 is 9.13 Å². The Morgan fingerprint density at radius 2 is 2.10 bits per heavy atom. The van der Waals surface area contributed by atoms with Gasteiger partial charge in [0.05, 0.1) is 9.50 Å². The molecule has 20 heavy (non-hydrogen) atoms. The first-order valence-electron chi connectivity index (χ1n) is 6.10. The lowest BCUT2D eigenvalue weighted by Crippen LogP contribution is -2.08. The molecule has 0 fully saturated rings. The number of ether oxygens (including phenoxy) is 1. The van der Waals surface area contributed by atoms with Crippen LogP contribution in [0.1, 0.15) is 11.1 Å². The predicted octanol–water partition coefficient (Wildman–Crippen LogP) is 4.54. The molecule has 0 spiro atoms. The van der Waals surface area contributed by atoms with E-state index in [1.54, 1.807) is 12.1 Å². The summed E-state index contributed by atoms with van der Waals surface area (Å²) >= 11 is 9.24. The first-order chi connectivity index (χ1) is 9.61. The SMILES string of the molecule is CNCc1cccc(Br)c1OCc1ccc(F)c(Cl)c1. The minimum atomic E-state index is -0.424. The molecule has 0 bridgehead atoms. The molecule has 2 rings (SSSR count). The molecule has 0 aliphatic carbocycles. The molecule has 0 unspecified atom stereocenters. The molecule has 5 heteroatoms. The third kappa shape index (κ3) is 3.72. The van der Waals surface area contributed by atoms with Gasteiger partial charge in [-0.05, 0) is 46.7 Å². The quantitative estimate of drug-likeness (QED) is 0.847. The molecular weight excluding hydrogens is 345 g/mol. The first kappa shape index (κ1) is 15.3. The van der Waals surface area contributed by atoms with E-state index in [-0.39, 0.29) is 5.02 Å². The topological polar surface area (TPSA) is 21.3 Å². The normalized spacial score (nSPS) is 10.6. The highest BCUT2D eigenvalue weighted by Gasteiger charge is 2.08. The van der Waals surface area contributed by atoms with Gasteiger partial charge in [0, 0.05) is 12.1 Å². The van der Waals surface area contributed by atoms with Crippen molar-refractivity contribution in [2.75, 3.05) is 7.05 Å². The lowest BCUT2D eigenvalue weighted by molar-refractivity contribution is 0.300. The Bertz CT molecular complexity index is 606. The maximum absolute atomic E-state index is 13.1. The molecule has 0 aromatic heterocycles. The van der Waals surface area contributed by atoms with E-state index in [0.29, 0.717) is 13.2 Å². The van der Waals surface area contributed by atoms with Gasteiger partial charge in [0.15, 0.2) is 0 Å². The highest BCUT2D eigenvalue weighted by Crippen LogP contribution is 2.30. The minimum absolute atomic E-state index is 0.105. The van der Waals surface area contributed by atoms with Crippen LogP contribution in [-0.4, -0.2) is 7.05 Å². The highest BCUT2D eigenvalue weighted by molar-refractivity contribution is 9.10. The van der Waals surface area contributed by atoms with Crippen molar-refractivity contribution in [3.05, 3.63) is 62.8 Å². The summed E-state index contributed by atoms with van der Waals surface area (Å²) in [5.41, 5.74) is 1.87. The number of rotatable bonds is 5. The zero-order valence-corrected chi connectivity index (χ0v) is 13.3. The Morgan fingerprint density at radius 1 is 1.30 bits per heavy atom. The Morgan fingerprint density at radius 3 is 2.80 bits per heavy atom. The van der Waals surface area contributed by atoms with E-state index in [1.807, 2.05) is 25.2 Å². The largest absolute Gasteiger partial charge is 0.487 e. The van der Waals surface area contributed by atoms with Gasteiger partial charge in [-0.1, -0.05) is 29.8 Å².